The van der Waals surface area contributed by atoms with Crippen LogP contribution in [0.4, 0.5) is 0 Å². The first-order valence-electron chi connectivity index (χ1n) is 9.62. The van der Waals surface area contributed by atoms with Crippen LogP contribution >= 0.6 is 23.2 Å². The molecule has 0 saturated carbocycles. The van der Waals surface area contributed by atoms with Crippen LogP contribution in [0.25, 0.3) is 0 Å². The number of hydrazone groups is 1. The molecule has 2 rings (SSSR count). The van der Waals surface area contributed by atoms with E-state index < -0.39 is 0 Å². The zero-order chi connectivity index (χ0) is 20.2. The summed E-state index contributed by atoms with van der Waals surface area (Å²) in [6.45, 7) is 2.80. The molecular weight excluding hydrogens is 395 g/mol. The number of rotatable bonds is 11. The number of ether oxygens (including phenoxy) is 1. The van der Waals surface area contributed by atoms with E-state index in [0.717, 1.165) is 12.8 Å². The Morgan fingerprint density at radius 3 is 2.36 bits per heavy atom. The van der Waals surface area contributed by atoms with Crippen LogP contribution in [0.2, 0.25) is 10.0 Å². The quantitative estimate of drug-likeness (QED) is 0.256. The van der Waals surface area contributed by atoms with Crippen LogP contribution in [0.15, 0.2) is 47.6 Å². The van der Waals surface area contributed by atoms with Gasteiger partial charge < -0.3 is 4.74 Å². The third kappa shape index (κ3) is 7.53. The highest BCUT2D eigenvalue weighted by atomic mass is 35.5. The smallest absolute Gasteiger partial charge is 0.271 e. The van der Waals surface area contributed by atoms with Crippen LogP contribution in [0, 0.1) is 0 Å². The highest BCUT2D eigenvalue weighted by Gasteiger charge is 2.09. The Morgan fingerprint density at radius 1 is 1.04 bits per heavy atom. The molecule has 28 heavy (non-hydrogen) atoms. The molecule has 6 heteroatoms. The molecule has 0 heterocycles. The van der Waals surface area contributed by atoms with Crippen LogP contribution in [0.3, 0.4) is 0 Å². The number of nitrogens with one attached hydrogen (secondary N) is 1. The molecule has 2 aromatic carbocycles. The second-order valence-corrected chi connectivity index (χ2v) is 7.31. The summed E-state index contributed by atoms with van der Waals surface area (Å²) in [5.74, 6) is 0.204. The van der Waals surface area contributed by atoms with E-state index in [0.29, 0.717) is 33.5 Å². The molecule has 1 N–H and O–H groups in total. The van der Waals surface area contributed by atoms with Crippen molar-refractivity contribution in [1.29, 1.82) is 0 Å². The van der Waals surface area contributed by atoms with Gasteiger partial charge in [0.2, 0.25) is 0 Å². The van der Waals surface area contributed by atoms with Crippen molar-refractivity contribution in [2.24, 2.45) is 5.10 Å². The predicted octanol–water partition coefficient (Wildman–Crippen LogP) is 6.50. The molecule has 2 aromatic rings. The van der Waals surface area contributed by atoms with Crippen LogP contribution in [0.5, 0.6) is 5.75 Å². The lowest BCUT2D eigenvalue weighted by Crippen LogP contribution is -2.17. The van der Waals surface area contributed by atoms with Gasteiger partial charge in [-0.05, 0) is 36.2 Å². The third-order valence-corrected chi connectivity index (χ3v) is 4.74. The fourth-order valence-corrected chi connectivity index (χ4v) is 3.28. The van der Waals surface area contributed by atoms with Gasteiger partial charge in [-0.2, -0.15) is 5.10 Å². The fraction of sp³-hybridized carbons (Fsp3) is 0.364. The summed E-state index contributed by atoms with van der Waals surface area (Å²) < 4.78 is 5.75. The van der Waals surface area contributed by atoms with Crippen molar-refractivity contribution in [1.82, 2.24) is 5.43 Å². The first-order chi connectivity index (χ1) is 13.6. The molecule has 0 aromatic heterocycles. The zero-order valence-electron chi connectivity index (χ0n) is 16.1. The van der Waals surface area contributed by atoms with Crippen molar-refractivity contribution in [3.05, 3.63) is 63.6 Å². The highest BCUT2D eigenvalue weighted by molar-refractivity contribution is 6.37. The number of halogens is 2. The number of hydrogen-bond donors (Lipinski definition) is 1. The molecule has 4 nitrogen and oxygen atoms in total. The minimum atomic E-state index is -0.284. The summed E-state index contributed by atoms with van der Waals surface area (Å²) in [5, 5.41) is 4.81. The molecule has 150 valence electrons. The van der Waals surface area contributed by atoms with E-state index in [2.05, 4.69) is 17.5 Å². The number of benzene rings is 2. The number of carbonyl (C=O) groups excluding carboxylic acids is 1. The lowest BCUT2D eigenvalue weighted by molar-refractivity contribution is 0.0955. The van der Waals surface area contributed by atoms with Gasteiger partial charge in [-0.3, -0.25) is 4.79 Å². The Hall–Kier alpha value is -2.04. The Bertz CT molecular complexity index is 756. The van der Waals surface area contributed by atoms with Crippen molar-refractivity contribution in [2.45, 2.75) is 45.4 Å². The molecule has 0 bridgehead atoms. The minimum Gasteiger partial charge on any atom is -0.490 e. The molecule has 1 amide bonds. The van der Waals surface area contributed by atoms with Gasteiger partial charge in [0.25, 0.3) is 5.91 Å². The van der Waals surface area contributed by atoms with Crippen LogP contribution in [-0.2, 0) is 0 Å². The van der Waals surface area contributed by atoms with Gasteiger partial charge >= 0.3 is 0 Å². The SMILES string of the molecule is CCCCCCCCOc1c(Cl)cc(/C=N/NC(=O)c2ccccc2)cc1Cl. The third-order valence-electron chi connectivity index (χ3n) is 4.18. The average Bonchev–Trinajstić information content (AvgIpc) is 2.69. The summed E-state index contributed by atoms with van der Waals surface area (Å²) in [4.78, 5) is 12.0. The lowest BCUT2D eigenvalue weighted by Gasteiger charge is -2.10. The second kappa shape index (κ2) is 12.4. The number of carbonyl (C=O) groups is 1. The van der Waals surface area contributed by atoms with E-state index in [4.69, 9.17) is 27.9 Å². The standard InChI is InChI=1S/C22H26Cl2N2O2/c1-2-3-4-5-6-10-13-28-21-19(23)14-17(15-20(21)24)16-25-26-22(27)18-11-8-7-9-12-18/h7-9,11-12,14-16H,2-6,10,13H2,1H3,(H,26,27)/b25-16+. The van der Waals surface area contributed by atoms with Gasteiger partial charge in [-0.15, -0.1) is 0 Å². The minimum absolute atomic E-state index is 0.284. The van der Waals surface area contributed by atoms with Gasteiger partial charge in [-0.25, -0.2) is 5.43 Å². The Balaban J connectivity index is 1.84. The molecule has 0 aliphatic carbocycles. The summed E-state index contributed by atoms with van der Waals surface area (Å²) >= 11 is 12.6. The number of unbranched alkanes of at least 4 members (excludes halogenated alkanes) is 5. The van der Waals surface area contributed by atoms with E-state index in [1.807, 2.05) is 6.07 Å². The molecule has 0 aliphatic rings. The normalized spacial score (nSPS) is 11.0. The van der Waals surface area contributed by atoms with Gasteiger partial charge in [0.15, 0.2) is 5.75 Å². The first kappa shape index (κ1) is 22.3. The van der Waals surface area contributed by atoms with Gasteiger partial charge in [-0.1, -0.05) is 80.4 Å². The Morgan fingerprint density at radius 2 is 1.68 bits per heavy atom. The maximum atomic E-state index is 12.0. The molecule has 0 saturated heterocycles. The van der Waals surface area contributed by atoms with Crippen molar-refractivity contribution < 1.29 is 9.53 Å². The van der Waals surface area contributed by atoms with Gasteiger partial charge in [0.1, 0.15) is 0 Å². The average molecular weight is 421 g/mol. The van der Waals surface area contributed by atoms with Crippen LogP contribution < -0.4 is 10.2 Å². The second-order valence-electron chi connectivity index (χ2n) is 6.50. The van der Waals surface area contributed by atoms with E-state index in [1.54, 1.807) is 36.4 Å². The predicted molar refractivity (Wildman–Crippen MR) is 117 cm³/mol. The van der Waals surface area contributed by atoms with E-state index >= 15 is 0 Å². The topological polar surface area (TPSA) is 50.7 Å². The number of hydrogen-bond acceptors (Lipinski definition) is 3. The van der Waals surface area contributed by atoms with Gasteiger partial charge in [0, 0.05) is 5.56 Å². The molecule has 0 unspecified atom stereocenters. The fourth-order valence-electron chi connectivity index (χ4n) is 2.67. The lowest BCUT2D eigenvalue weighted by atomic mass is 10.1. The summed E-state index contributed by atoms with van der Waals surface area (Å²) in [7, 11) is 0. The van der Waals surface area contributed by atoms with Crippen molar-refractivity contribution in [3.8, 4) is 5.75 Å². The van der Waals surface area contributed by atoms with E-state index in [9.17, 15) is 4.79 Å². The number of nitrogens with zero attached hydrogens (tertiary/aromatic N) is 1. The molecular formula is C22H26Cl2N2O2. The summed E-state index contributed by atoms with van der Waals surface area (Å²) in [6, 6.07) is 12.3. The van der Waals surface area contributed by atoms with Crippen molar-refractivity contribution in [2.75, 3.05) is 6.61 Å². The van der Waals surface area contributed by atoms with Gasteiger partial charge in [0.05, 0.1) is 22.9 Å². The van der Waals surface area contributed by atoms with Crippen LogP contribution in [-0.4, -0.2) is 18.7 Å². The largest absolute Gasteiger partial charge is 0.490 e. The van der Waals surface area contributed by atoms with Crippen molar-refractivity contribution >= 4 is 35.3 Å². The zero-order valence-corrected chi connectivity index (χ0v) is 17.6. The van der Waals surface area contributed by atoms with E-state index in [-0.39, 0.29) is 5.91 Å². The molecule has 0 atom stereocenters. The van der Waals surface area contributed by atoms with Crippen molar-refractivity contribution in [3.63, 3.8) is 0 Å². The maximum absolute atomic E-state index is 12.0. The first-order valence-corrected chi connectivity index (χ1v) is 10.4. The molecule has 0 radical (unpaired) electrons. The van der Waals surface area contributed by atoms with E-state index in [1.165, 1.54) is 31.9 Å². The number of amides is 1. The Labute approximate surface area is 176 Å². The maximum Gasteiger partial charge on any atom is 0.271 e. The molecule has 0 aliphatic heterocycles. The monoisotopic (exact) mass is 420 g/mol. The summed E-state index contributed by atoms with van der Waals surface area (Å²) in [5.41, 5.74) is 3.69. The summed E-state index contributed by atoms with van der Waals surface area (Å²) in [6.07, 6.45) is 8.64. The highest BCUT2D eigenvalue weighted by Crippen LogP contribution is 2.34. The Kier molecular flexibility index (Phi) is 9.87. The van der Waals surface area contributed by atoms with Crippen LogP contribution in [0.1, 0.15) is 61.4 Å². The molecule has 0 spiro atoms. The molecule has 0 fully saturated rings.